The lowest BCUT2D eigenvalue weighted by atomic mass is 9.84. The van der Waals surface area contributed by atoms with Gasteiger partial charge < -0.3 is 15.7 Å². The largest absolute Gasteiger partial charge is 0.481 e. The molecule has 0 radical (unpaired) electrons. The molecule has 2 aromatic rings. The highest BCUT2D eigenvalue weighted by atomic mass is 16.5. The van der Waals surface area contributed by atoms with Gasteiger partial charge in [-0.2, -0.15) is 0 Å². The van der Waals surface area contributed by atoms with Crippen molar-refractivity contribution in [3.8, 4) is 11.3 Å². The number of hydroxylamine groups is 2. The maximum Gasteiger partial charge on any atom is 0.313 e. The first-order valence-electron chi connectivity index (χ1n) is 12.9. The van der Waals surface area contributed by atoms with E-state index in [0.29, 0.717) is 35.6 Å². The highest BCUT2D eigenvalue weighted by Crippen LogP contribution is 2.26. The van der Waals surface area contributed by atoms with Crippen molar-refractivity contribution >= 4 is 24.2 Å². The number of nitrogens with one attached hydrogen (secondary N) is 2. The third-order valence-electron chi connectivity index (χ3n) is 6.72. The lowest BCUT2D eigenvalue weighted by molar-refractivity contribution is -0.168. The van der Waals surface area contributed by atoms with Crippen molar-refractivity contribution in [2.45, 2.75) is 71.3 Å². The Balaban J connectivity index is 2.05. The number of amides is 3. The number of nitrogens with zero attached hydrogens (tertiary/aromatic N) is 2. The predicted molar refractivity (Wildman–Crippen MR) is 142 cm³/mol. The first kappa shape index (κ1) is 30.4. The molecule has 0 saturated carbocycles. The van der Waals surface area contributed by atoms with Gasteiger partial charge in [0.05, 0.1) is 29.7 Å². The minimum absolute atomic E-state index is 0.143. The van der Waals surface area contributed by atoms with E-state index in [0.717, 1.165) is 24.8 Å². The van der Waals surface area contributed by atoms with Crippen LogP contribution in [0.2, 0.25) is 0 Å². The molecule has 1 aromatic heterocycles. The van der Waals surface area contributed by atoms with Crippen molar-refractivity contribution in [1.29, 1.82) is 0 Å². The maximum absolute atomic E-state index is 12.9. The fraction of sp³-hybridized carbons (Fsp3) is 0.464. The summed E-state index contributed by atoms with van der Waals surface area (Å²) >= 11 is 0. The Bertz CT molecular complexity index is 1100. The van der Waals surface area contributed by atoms with Gasteiger partial charge in [0.2, 0.25) is 12.3 Å². The average molecular weight is 527 g/mol. The number of carboxylic acid groups (broad SMARTS) is 1. The molecule has 38 heavy (non-hydrogen) atoms. The van der Waals surface area contributed by atoms with E-state index in [9.17, 15) is 29.5 Å². The Hall–Kier alpha value is -3.79. The predicted octanol–water partition coefficient (Wildman–Crippen LogP) is 3.74. The number of pyridine rings is 1. The molecule has 3 amide bonds. The number of benzene rings is 1. The maximum atomic E-state index is 12.9. The van der Waals surface area contributed by atoms with Crippen LogP contribution < -0.4 is 10.6 Å². The van der Waals surface area contributed by atoms with Gasteiger partial charge in [-0.15, -0.1) is 0 Å². The first-order valence-corrected chi connectivity index (χ1v) is 12.9. The van der Waals surface area contributed by atoms with Gasteiger partial charge in [-0.05, 0) is 44.4 Å². The van der Waals surface area contributed by atoms with Gasteiger partial charge in [-0.25, -0.2) is 10.0 Å². The highest BCUT2D eigenvalue weighted by molar-refractivity contribution is 5.93. The quantitative estimate of drug-likeness (QED) is 0.0908. The van der Waals surface area contributed by atoms with Gasteiger partial charge in [0.1, 0.15) is 5.69 Å². The lowest BCUT2D eigenvalue weighted by Gasteiger charge is -2.29. The summed E-state index contributed by atoms with van der Waals surface area (Å²) in [6.07, 6.45) is 3.87. The van der Waals surface area contributed by atoms with Gasteiger partial charge in [-0.1, -0.05) is 63.4 Å². The monoisotopic (exact) mass is 526 g/mol. The van der Waals surface area contributed by atoms with Crippen LogP contribution in [-0.4, -0.2) is 57.3 Å². The smallest absolute Gasteiger partial charge is 0.313 e. The molecule has 0 fully saturated rings. The molecule has 4 N–H and O–H groups in total. The molecule has 0 bridgehead atoms. The van der Waals surface area contributed by atoms with Crippen molar-refractivity contribution in [1.82, 2.24) is 20.7 Å². The molecule has 0 aliphatic carbocycles. The van der Waals surface area contributed by atoms with Crippen molar-refractivity contribution in [2.75, 3.05) is 6.67 Å². The van der Waals surface area contributed by atoms with Crippen LogP contribution in [0.3, 0.4) is 0 Å². The Kier molecular flexibility index (Phi) is 11.4. The third-order valence-corrected chi connectivity index (χ3v) is 6.72. The van der Waals surface area contributed by atoms with Crippen LogP contribution >= 0.6 is 0 Å². The molecule has 0 aliphatic rings. The summed E-state index contributed by atoms with van der Waals surface area (Å²) in [5.74, 6) is -2.39. The molecule has 1 heterocycles. The number of aromatic nitrogens is 1. The summed E-state index contributed by atoms with van der Waals surface area (Å²) in [5, 5.41) is 25.2. The lowest BCUT2D eigenvalue weighted by Crippen LogP contribution is -2.47. The van der Waals surface area contributed by atoms with E-state index in [4.69, 9.17) is 0 Å². The van der Waals surface area contributed by atoms with Gasteiger partial charge in [0, 0.05) is 5.56 Å². The standard InChI is InChI=1S/C28H38N4O6/c1-5-7-8-10-21(24(6-2)32(38)18-33)25(34)29-17-30-26(35)23-12-9-11-22(31-23)19-13-15-20(16-14-19)28(3,4)27(36)37/h9,11-16,18,21,24,38H,5-8,10,17H2,1-4H3,(H,29,34)(H,30,35)(H,36,37). The zero-order chi connectivity index (χ0) is 28.3. The van der Waals surface area contributed by atoms with E-state index in [-0.39, 0.29) is 18.3 Å². The van der Waals surface area contributed by atoms with Crippen molar-refractivity contribution in [2.24, 2.45) is 5.92 Å². The van der Waals surface area contributed by atoms with Crippen LogP contribution in [0, 0.1) is 5.92 Å². The van der Waals surface area contributed by atoms with E-state index in [1.54, 1.807) is 63.2 Å². The van der Waals surface area contributed by atoms with E-state index in [2.05, 4.69) is 15.6 Å². The zero-order valence-corrected chi connectivity index (χ0v) is 22.4. The molecule has 1 aromatic carbocycles. The van der Waals surface area contributed by atoms with Crippen LogP contribution in [0.1, 0.15) is 75.9 Å². The molecule has 0 aliphatic heterocycles. The molecule has 2 unspecified atom stereocenters. The van der Waals surface area contributed by atoms with Crippen LogP contribution in [0.5, 0.6) is 0 Å². The minimum atomic E-state index is -1.03. The molecular formula is C28H38N4O6. The summed E-state index contributed by atoms with van der Waals surface area (Å²) in [7, 11) is 0. The van der Waals surface area contributed by atoms with E-state index in [1.165, 1.54) is 0 Å². The molecule has 10 nitrogen and oxygen atoms in total. The van der Waals surface area contributed by atoms with Crippen LogP contribution in [-0.2, 0) is 19.8 Å². The summed E-state index contributed by atoms with van der Waals surface area (Å²) in [6, 6.07) is 11.3. The van der Waals surface area contributed by atoms with Crippen LogP contribution in [0.15, 0.2) is 42.5 Å². The summed E-state index contributed by atoms with van der Waals surface area (Å²) in [4.78, 5) is 52.6. The molecule has 2 atom stereocenters. The number of carbonyl (C=O) groups excluding carboxylic acids is 3. The Morgan fingerprint density at radius 1 is 1.05 bits per heavy atom. The van der Waals surface area contributed by atoms with Gasteiger partial charge in [-0.3, -0.25) is 24.4 Å². The fourth-order valence-corrected chi connectivity index (χ4v) is 4.18. The molecule has 206 valence electrons. The van der Waals surface area contributed by atoms with Gasteiger partial charge in [0.25, 0.3) is 5.91 Å². The number of hydrogen-bond donors (Lipinski definition) is 4. The second kappa shape index (κ2) is 14.2. The van der Waals surface area contributed by atoms with Crippen LogP contribution in [0.25, 0.3) is 11.3 Å². The molecule has 0 spiro atoms. The molecule has 2 rings (SSSR count). The normalized spacial score (nSPS) is 12.8. The van der Waals surface area contributed by atoms with Crippen molar-refractivity contribution in [3.05, 3.63) is 53.7 Å². The van der Waals surface area contributed by atoms with Crippen LogP contribution in [0.4, 0.5) is 0 Å². The Morgan fingerprint density at radius 2 is 1.74 bits per heavy atom. The first-order chi connectivity index (χ1) is 18.1. The Morgan fingerprint density at radius 3 is 2.32 bits per heavy atom. The van der Waals surface area contributed by atoms with Gasteiger partial charge in [0.15, 0.2) is 0 Å². The SMILES string of the molecule is CCCCCC(C(=O)NCNC(=O)c1cccc(-c2ccc(C(C)(C)C(=O)O)cc2)n1)C(CC)N(O)C=O. The van der Waals surface area contributed by atoms with E-state index >= 15 is 0 Å². The zero-order valence-electron chi connectivity index (χ0n) is 22.4. The third kappa shape index (κ3) is 7.85. The average Bonchev–Trinajstić information content (AvgIpc) is 2.92. The second-order valence-electron chi connectivity index (χ2n) is 9.70. The fourth-order valence-electron chi connectivity index (χ4n) is 4.18. The minimum Gasteiger partial charge on any atom is -0.481 e. The number of aliphatic carboxylic acids is 1. The van der Waals surface area contributed by atoms with Crippen molar-refractivity contribution < 1.29 is 29.5 Å². The number of hydrogen-bond acceptors (Lipinski definition) is 6. The highest BCUT2D eigenvalue weighted by Gasteiger charge is 2.31. The topological polar surface area (TPSA) is 149 Å². The number of rotatable bonds is 15. The van der Waals surface area contributed by atoms with Gasteiger partial charge >= 0.3 is 5.97 Å². The number of carbonyl (C=O) groups is 4. The van der Waals surface area contributed by atoms with Crippen molar-refractivity contribution in [3.63, 3.8) is 0 Å². The summed E-state index contributed by atoms with van der Waals surface area (Å²) < 4.78 is 0. The molecule has 0 saturated heterocycles. The van der Waals surface area contributed by atoms with E-state index < -0.39 is 29.3 Å². The summed E-state index contributed by atoms with van der Waals surface area (Å²) in [5.41, 5.74) is 1.03. The molecule has 10 heteroatoms. The second-order valence-corrected chi connectivity index (χ2v) is 9.70. The van der Waals surface area contributed by atoms with E-state index in [1.807, 2.05) is 6.92 Å². The Labute approximate surface area is 223 Å². The number of unbranched alkanes of at least 4 members (excludes halogenated alkanes) is 2. The number of carboxylic acids is 1. The summed E-state index contributed by atoms with van der Waals surface area (Å²) in [6.45, 7) is 6.95. The molecular weight excluding hydrogens is 488 g/mol.